The molecule has 2 aromatic carbocycles. The number of hydrogen-bond acceptors (Lipinski definition) is 3. The molecule has 0 aliphatic rings. The molecule has 1 atom stereocenters. The van der Waals surface area contributed by atoms with Gasteiger partial charge in [-0.15, -0.1) is 35.7 Å². The maximum atomic E-state index is 4.34. The van der Waals surface area contributed by atoms with Crippen LogP contribution in [-0.4, -0.2) is 34.4 Å². The first-order chi connectivity index (χ1) is 13.3. The Bertz CT molecular complexity index is 852. The Hall–Kier alpha value is -2.00. The Morgan fingerprint density at radius 2 is 1.86 bits per heavy atom. The number of aromatic nitrogens is 2. The van der Waals surface area contributed by atoms with Gasteiger partial charge in [-0.05, 0) is 23.8 Å². The van der Waals surface area contributed by atoms with E-state index in [9.17, 15) is 0 Å². The Morgan fingerprint density at radius 3 is 2.57 bits per heavy atom. The monoisotopic (exact) mass is 507 g/mol. The van der Waals surface area contributed by atoms with Crippen LogP contribution in [0.15, 0.2) is 83.2 Å². The van der Waals surface area contributed by atoms with Crippen molar-refractivity contribution in [3.8, 4) is 5.69 Å². The standard InChI is InChI=1S/C21H25N5S.HI/c1-17(27-19-9-4-3-5-10-19)14-24-21(22-2)25-15-18-8-6-7-11-20(18)26-13-12-23-16-26;/h3-13,16-17H,14-15H2,1-2H3,(H2,22,24,25);1H. The summed E-state index contributed by atoms with van der Waals surface area (Å²) in [7, 11) is 1.80. The molecule has 0 amide bonds. The first-order valence-electron chi connectivity index (χ1n) is 8.98. The van der Waals surface area contributed by atoms with Gasteiger partial charge in [0.1, 0.15) is 0 Å². The summed E-state index contributed by atoms with van der Waals surface area (Å²) in [4.78, 5) is 9.76. The number of aliphatic imine (C=N–C) groups is 1. The lowest BCUT2D eigenvalue weighted by molar-refractivity contribution is 0.787. The van der Waals surface area contributed by atoms with Crippen LogP contribution in [0.2, 0.25) is 0 Å². The molecule has 0 saturated carbocycles. The van der Waals surface area contributed by atoms with E-state index in [2.05, 4.69) is 63.9 Å². The molecule has 0 bridgehead atoms. The molecule has 1 heterocycles. The highest BCUT2D eigenvalue weighted by molar-refractivity contribution is 14.0. The number of rotatable bonds is 7. The quantitative estimate of drug-likeness (QED) is 0.216. The Kier molecular flexibility index (Phi) is 9.36. The smallest absolute Gasteiger partial charge is 0.191 e. The summed E-state index contributed by atoms with van der Waals surface area (Å²) in [6.45, 7) is 3.74. The van der Waals surface area contributed by atoms with Gasteiger partial charge < -0.3 is 15.2 Å². The first kappa shape index (κ1) is 22.3. The van der Waals surface area contributed by atoms with Crippen LogP contribution in [0.3, 0.4) is 0 Å². The largest absolute Gasteiger partial charge is 0.355 e. The van der Waals surface area contributed by atoms with Crippen LogP contribution in [0, 0.1) is 0 Å². The van der Waals surface area contributed by atoms with E-state index in [0.29, 0.717) is 11.8 Å². The van der Waals surface area contributed by atoms with Crippen molar-refractivity contribution in [1.29, 1.82) is 0 Å². The van der Waals surface area contributed by atoms with E-state index in [4.69, 9.17) is 0 Å². The zero-order valence-corrected chi connectivity index (χ0v) is 19.2. The van der Waals surface area contributed by atoms with E-state index in [0.717, 1.165) is 18.2 Å². The van der Waals surface area contributed by atoms with Crippen molar-refractivity contribution in [2.75, 3.05) is 13.6 Å². The molecule has 3 aromatic rings. The van der Waals surface area contributed by atoms with Crippen molar-refractivity contribution in [3.05, 3.63) is 78.9 Å². The van der Waals surface area contributed by atoms with Crippen molar-refractivity contribution in [1.82, 2.24) is 20.2 Å². The lowest BCUT2D eigenvalue weighted by atomic mass is 10.1. The van der Waals surface area contributed by atoms with E-state index in [1.165, 1.54) is 10.5 Å². The lowest BCUT2D eigenvalue weighted by Gasteiger charge is -2.17. The zero-order chi connectivity index (χ0) is 18.9. The van der Waals surface area contributed by atoms with E-state index in [1.807, 2.05) is 47.1 Å². The Labute approximate surface area is 188 Å². The Balaban J connectivity index is 0.00000280. The number of guanidine groups is 1. The van der Waals surface area contributed by atoms with Gasteiger partial charge in [0.2, 0.25) is 0 Å². The highest BCUT2D eigenvalue weighted by Gasteiger charge is 2.07. The average Bonchev–Trinajstić information content (AvgIpc) is 3.24. The fourth-order valence-electron chi connectivity index (χ4n) is 2.73. The molecule has 5 nitrogen and oxygen atoms in total. The highest BCUT2D eigenvalue weighted by atomic mass is 127. The number of hydrogen-bond donors (Lipinski definition) is 2. The third-order valence-corrected chi connectivity index (χ3v) is 5.19. The van der Waals surface area contributed by atoms with Crippen LogP contribution >= 0.6 is 35.7 Å². The number of benzene rings is 2. The molecular formula is C21H26IN5S. The zero-order valence-electron chi connectivity index (χ0n) is 16.1. The van der Waals surface area contributed by atoms with Crippen LogP contribution < -0.4 is 10.6 Å². The summed E-state index contributed by atoms with van der Waals surface area (Å²) in [5, 5.41) is 7.25. The third kappa shape index (κ3) is 6.56. The van der Waals surface area contributed by atoms with Crippen LogP contribution in [-0.2, 0) is 6.54 Å². The molecule has 0 fully saturated rings. The molecule has 0 aliphatic heterocycles. The van der Waals surface area contributed by atoms with Gasteiger partial charge in [-0.2, -0.15) is 0 Å². The SMILES string of the molecule is CN=C(NCc1ccccc1-n1ccnc1)NCC(C)Sc1ccccc1.I. The normalized spacial score (nSPS) is 12.1. The molecule has 3 rings (SSSR count). The van der Waals surface area contributed by atoms with Crippen LogP contribution in [0.25, 0.3) is 5.69 Å². The molecular weight excluding hydrogens is 481 g/mol. The minimum Gasteiger partial charge on any atom is -0.355 e. The lowest BCUT2D eigenvalue weighted by Crippen LogP contribution is -2.39. The molecule has 2 N–H and O–H groups in total. The van der Waals surface area contributed by atoms with Crippen LogP contribution in [0.5, 0.6) is 0 Å². The molecule has 0 saturated heterocycles. The second-order valence-corrected chi connectivity index (χ2v) is 7.66. The van der Waals surface area contributed by atoms with E-state index in [-0.39, 0.29) is 24.0 Å². The topological polar surface area (TPSA) is 54.2 Å². The first-order valence-corrected chi connectivity index (χ1v) is 9.86. The maximum absolute atomic E-state index is 4.34. The van der Waals surface area contributed by atoms with Crippen molar-refractivity contribution in [2.45, 2.75) is 23.6 Å². The van der Waals surface area contributed by atoms with E-state index >= 15 is 0 Å². The number of para-hydroxylation sites is 1. The van der Waals surface area contributed by atoms with Gasteiger partial charge in [-0.25, -0.2) is 4.98 Å². The van der Waals surface area contributed by atoms with Crippen LogP contribution in [0.4, 0.5) is 0 Å². The van der Waals surface area contributed by atoms with E-state index < -0.39 is 0 Å². The van der Waals surface area contributed by atoms with Gasteiger partial charge in [-0.3, -0.25) is 4.99 Å². The van der Waals surface area contributed by atoms with Gasteiger partial charge in [-0.1, -0.05) is 43.3 Å². The summed E-state index contributed by atoms with van der Waals surface area (Å²) in [6, 6.07) is 18.8. The van der Waals surface area contributed by atoms with Crippen molar-refractivity contribution < 1.29 is 0 Å². The number of imidazole rings is 1. The Morgan fingerprint density at radius 1 is 1.11 bits per heavy atom. The van der Waals surface area contributed by atoms with Gasteiger partial charge in [0, 0.05) is 42.7 Å². The summed E-state index contributed by atoms with van der Waals surface area (Å²) in [5.74, 6) is 0.802. The molecule has 7 heteroatoms. The molecule has 28 heavy (non-hydrogen) atoms. The molecule has 0 spiro atoms. The molecule has 1 aromatic heterocycles. The summed E-state index contributed by atoms with van der Waals surface area (Å²) in [5.41, 5.74) is 2.30. The fourth-order valence-corrected chi connectivity index (χ4v) is 3.67. The average molecular weight is 507 g/mol. The number of nitrogens with one attached hydrogen (secondary N) is 2. The minimum atomic E-state index is 0. The number of halogens is 1. The second kappa shape index (κ2) is 11.8. The van der Waals surface area contributed by atoms with Gasteiger partial charge >= 0.3 is 0 Å². The maximum Gasteiger partial charge on any atom is 0.191 e. The van der Waals surface area contributed by atoms with E-state index in [1.54, 1.807) is 13.2 Å². The van der Waals surface area contributed by atoms with Crippen molar-refractivity contribution in [3.63, 3.8) is 0 Å². The molecule has 0 radical (unpaired) electrons. The minimum absolute atomic E-state index is 0. The molecule has 1 unspecified atom stereocenters. The predicted molar refractivity (Wildman–Crippen MR) is 129 cm³/mol. The van der Waals surface area contributed by atoms with Gasteiger partial charge in [0.25, 0.3) is 0 Å². The van der Waals surface area contributed by atoms with Gasteiger partial charge in [0.15, 0.2) is 5.96 Å². The number of nitrogens with zero attached hydrogens (tertiary/aromatic N) is 3. The molecule has 148 valence electrons. The summed E-state index contributed by atoms with van der Waals surface area (Å²) < 4.78 is 2.02. The van der Waals surface area contributed by atoms with Crippen molar-refractivity contribution in [2.24, 2.45) is 4.99 Å². The van der Waals surface area contributed by atoms with Crippen LogP contribution in [0.1, 0.15) is 12.5 Å². The number of thioether (sulfide) groups is 1. The summed E-state index contributed by atoms with van der Waals surface area (Å²) >= 11 is 1.86. The highest BCUT2D eigenvalue weighted by Crippen LogP contribution is 2.21. The van der Waals surface area contributed by atoms with Gasteiger partial charge in [0.05, 0.1) is 12.0 Å². The third-order valence-electron chi connectivity index (χ3n) is 4.08. The summed E-state index contributed by atoms with van der Waals surface area (Å²) in [6.07, 6.45) is 5.55. The van der Waals surface area contributed by atoms with Crippen molar-refractivity contribution >= 4 is 41.7 Å². The molecule has 0 aliphatic carbocycles. The predicted octanol–water partition coefficient (Wildman–Crippen LogP) is 4.34. The fraction of sp³-hybridized carbons (Fsp3) is 0.238. The second-order valence-electron chi connectivity index (χ2n) is 6.15.